The summed E-state index contributed by atoms with van der Waals surface area (Å²) in [7, 11) is 2.03. The highest BCUT2D eigenvalue weighted by molar-refractivity contribution is 5.97. The third kappa shape index (κ3) is 4.28. The summed E-state index contributed by atoms with van der Waals surface area (Å²) in [6.07, 6.45) is 1.99. The smallest absolute Gasteiger partial charge is 0.252 e. The van der Waals surface area contributed by atoms with Crippen LogP contribution in [0.4, 0.5) is 4.39 Å². The SMILES string of the molecule is CN1CCCC(NC(=O)c2cc(F)ccc2C#CCN)C1. The number of amides is 1. The third-order valence-electron chi connectivity index (χ3n) is 3.51. The molecule has 1 aromatic rings. The highest BCUT2D eigenvalue weighted by atomic mass is 19.1. The van der Waals surface area contributed by atoms with Crippen molar-refractivity contribution in [3.8, 4) is 11.8 Å². The van der Waals surface area contributed by atoms with Crippen molar-refractivity contribution in [3.05, 3.63) is 35.1 Å². The van der Waals surface area contributed by atoms with E-state index in [1.807, 2.05) is 7.05 Å². The fourth-order valence-electron chi connectivity index (χ4n) is 2.51. The van der Waals surface area contributed by atoms with Gasteiger partial charge in [-0.15, -0.1) is 0 Å². The van der Waals surface area contributed by atoms with E-state index in [0.29, 0.717) is 5.56 Å². The molecule has 4 nitrogen and oxygen atoms in total. The lowest BCUT2D eigenvalue weighted by atomic mass is 10.0. The van der Waals surface area contributed by atoms with Gasteiger partial charge in [-0.2, -0.15) is 0 Å². The Labute approximate surface area is 124 Å². The lowest BCUT2D eigenvalue weighted by molar-refractivity contribution is 0.0912. The molecule has 0 saturated carbocycles. The van der Waals surface area contributed by atoms with Gasteiger partial charge in [-0.25, -0.2) is 4.39 Å². The molecule has 0 aromatic heterocycles. The zero-order valence-corrected chi connectivity index (χ0v) is 12.2. The molecule has 1 heterocycles. The Morgan fingerprint density at radius 2 is 2.38 bits per heavy atom. The number of hydrogen-bond acceptors (Lipinski definition) is 3. The summed E-state index contributed by atoms with van der Waals surface area (Å²) in [4.78, 5) is 14.5. The summed E-state index contributed by atoms with van der Waals surface area (Å²) in [6.45, 7) is 2.05. The fraction of sp³-hybridized carbons (Fsp3) is 0.438. The van der Waals surface area contributed by atoms with Crippen LogP contribution >= 0.6 is 0 Å². The Balaban J connectivity index is 2.15. The molecule has 5 heteroatoms. The van der Waals surface area contributed by atoms with Crippen molar-refractivity contribution in [3.63, 3.8) is 0 Å². The molecule has 1 atom stereocenters. The van der Waals surface area contributed by atoms with Crippen molar-refractivity contribution in [1.82, 2.24) is 10.2 Å². The van der Waals surface area contributed by atoms with Crippen molar-refractivity contribution < 1.29 is 9.18 Å². The molecule has 1 saturated heterocycles. The lowest BCUT2D eigenvalue weighted by Gasteiger charge is -2.30. The topological polar surface area (TPSA) is 58.4 Å². The molecule has 0 bridgehead atoms. The molecule has 3 N–H and O–H groups in total. The monoisotopic (exact) mass is 289 g/mol. The van der Waals surface area contributed by atoms with Gasteiger partial charge in [0, 0.05) is 18.2 Å². The van der Waals surface area contributed by atoms with E-state index in [9.17, 15) is 9.18 Å². The molecule has 1 amide bonds. The quantitative estimate of drug-likeness (QED) is 0.797. The second-order valence-corrected chi connectivity index (χ2v) is 5.27. The molecule has 0 radical (unpaired) electrons. The molecular formula is C16H20FN3O. The second-order valence-electron chi connectivity index (χ2n) is 5.27. The van der Waals surface area contributed by atoms with Crippen molar-refractivity contribution in [2.24, 2.45) is 5.73 Å². The van der Waals surface area contributed by atoms with Crippen LogP contribution in [0.3, 0.4) is 0 Å². The Hall–Kier alpha value is -1.90. The fourth-order valence-corrected chi connectivity index (χ4v) is 2.51. The van der Waals surface area contributed by atoms with Crippen LogP contribution in [0.15, 0.2) is 18.2 Å². The molecule has 1 aliphatic heterocycles. The van der Waals surface area contributed by atoms with Gasteiger partial charge in [0.25, 0.3) is 5.91 Å². The molecular weight excluding hydrogens is 269 g/mol. The van der Waals surface area contributed by atoms with Crippen LogP contribution in [-0.4, -0.2) is 43.5 Å². The number of benzene rings is 1. The van der Waals surface area contributed by atoms with E-state index in [1.165, 1.54) is 18.2 Å². The van der Waals surface area contributed by atoms with E-state index in [1.54, 1.807) is 0 Å². The summed E-state index contributed by atoms with van der Waals surface area (Å²) in [6, 6.07) is 4.13. The van der Waals surface area contributed by atoms with Crippen molar-refractivity contribution >= 4 is 5.91 Å². The Morgan fingerprint density at radius 1 is 1.57 bits per heavy atom. The number of nitrogens with zero attached hydrogens (tertiary/aromatic N) is 1. The number of hydrogen-bond donors (Lipinski definition) is 2. The van der Waals surface area contributed by atoms with Crippen LogP contribution in [0, 0.1) is 17.7 Å². The van der Waals surface area contributed by atoms with Crippen molar-refractivity contribution in [1.29, 1.82) is 0 Å². The number of likely N-dealkylation sites (tertiary alicyclic amines) is 1. The second kappa shape index (κ2) is 7.21. The van der Waals surface area contributed by atoms with Crippen LogP contribution in [0.2, 0.25) is 0 Å². The standard InChI is InChI=1S/C16H20FN3O/c1-20-9-3-5-14(11-20)19-16(21)15-10-13(17)7-6-12(15)4-2-8-18/h6-7,10,14H,3,5,8-9,11,18H2,1H3,(H,19,21). The van der Waals surface area contributed by atoms with E-state index in [0.717, 1.165) is 25.9 Å². The number of likely N-dealkylation sites (N-methyl/N-ethyl adjacent to an activating group) is 1. The van der Waals surface area contributed by atoms with Crippen LogP contribution in [0.5, 0.6) is 0 Å². The summed E-state index contributed by atoms with van der Waals surface area (Å²) in [5.41, 5.74) is 6.11. The summed E-state index contributed by atoms with van der Waals surface area (Å²) >= 11 is 0. The first-order valence-electron chi connectivity index (χ1n) is 7.08. The number of piperidine rings is 1. The zero-order valence-electron chi connectivity index (χ0n) is 12.2. The maximum Gasteiger partial charge on any atom is 0.252 e. The van der Waals surface area contributed by atoms with E-state index >= 15 is 0 Å². The lowest BCUT2D eigenvalue weighted by Crippen LogP contribution is -2.46. The van der Waals surface area contributed by atoms with E-state index < -0.39 is 5.82 Å². The molecule has 2 rings (SSSR count). The minimum atomic E-state index is -0.445. The highest BCUT2D eigenvalue weighted by Crippen LogP contribution is 2.13. The Kier molecular flexibility index (Phi) is 5.32. The molecule has 1 aromatic carbocycles. The van der Waals surface area contributed by atoms with Gasteiger partial charge < -0.3 is 16.0 Å². The molecule has 1 unspecified atom stereocenters. The van der Waals surface area contributed by atoms with Crippen LogP contribution in [-0.2, 0) is 0 Å². The number of halogens is 1. The summed E-state index contributed by atoms with van der Waals surface area (Å²) in [5, 5.41) is 2.96. The van der Waals surface area contributed by atoms with Crippen molar-refractivity contribution in [2.75, 3.05) is 26.7 Å². The van der Waals surface area contributed by atoms with Gasteiger partial charge >= 0.3 is 0 Å². The van der Waals surface area contributed by atoms with Gasteiger partial charge in [0.1, 0.15) is 5.82 Å². The van der Waals surface area contributed by atoms with Crippen molar-refractivity contribution in [2.45, 2.75) is 18.9 Å². The largest absolute Gasteiger partial charge is 0.348 e. The van der Waals surface area contributed by atoms with E-state index in [-0.39, 0.29) is 24.1 Å². The van der Waals surface area contributed by atoms with Crippen LogP contribution in [0.25, 0.3) is 0 Å². The van der Waals surface area contributed by atoms with Gasteiger partial charge in [-0.3, -0.25) is 4.79 Å². The summed E-state index contributed by atoms with van der Waals surface area (Å²) < 4.78 is 13.4. The van der Waals surface area contributed by atoms with Gasteiger partial charge in [0.15, 0.2) is 0 Å². The highest BCUT2D eigenvalue weighted by Gasteiger charge is 2.20. The summed E-state index contributed by atoms with van der Waals surface area (Å²) in [5.74, 6) is 4.78. The number of nitrogens with one attached hydrogen (secondary N) is 1. The third-order valence-corrected chi connectivity index (χ3v) is 3.51. The first-order valence-corrected chi connectivity index (χ1v) is 7.08. The number of carbonyl (C=O) groups excluding carboxylic acids is 1. The van der Waals surface area contributed by atoms with Gasteiger partial charge in [0.2, 0.25) is 0 Å². The van der Waals surface area contributed by atoms with E-state index in [4.69, 9.17) is 5.73 Å². The molecule has 112 valence electrons. The Bertz CT molecular complexity index is 577. The van der Waals surface area contributed by atoms with Gasteiger partial charge in [-0.05, 0) is 44.6 Å². The first-order chi connectivity index (χ1) is 10.1. The zero-order chi connectivity index (χ0) is 15.2. The van der Waals surface area contributed by atoms with E-state index in [2.05, 4.69) is 22.1 Å². The Morgan fingerprint density at radius 3 is 3.10 bits per heavy atom. The molecule has 21 heavy (non-hydrogen) atoms. The first kappa shape index (κ1) is 15.5. The normalized spacial score (nSPS) is 18.7. The number of rotatable bonds is 2. The van der Waals surface area contributed by atoms with Crippen LogP contribution in [0.1, 0.15) is 28.8 Å². The molecule has 1 fully saturated rings. The minimum Gasteiger partial charge on any atom is -0.348 e. The molecule has 0 spiro atoms. The minimum absolute atomic E-state index is 0.0924. The predicted octanol–water partition coefficient (Wildman–Crippen LogP) is 0.960. The maximum atomic E-state index is 13.4. The maximum absolute atomic E-state index is 13.4. The molecule has 1 aliphatic rings. The van der Waals surface area contributed by atoms with Crippen LogP contribution < -0.4 is 11.1 Å². The van der Waals surface area contributed by atoms with Gasteiger partial charge in [0.05, 0.1) is 12.1 Å². The average molecular weight is 289 g/mol. The average Bonchev–Trinajstić information content (AvgIpc) is 2.46. The predicted molar refractivity (Wildman–Crippen MR) is 80.3 cm³/mol. The number of nitrogens with two attached hydrogens (primary N) is 1. The molecule has 0 aliphatic carbocycles. The van der Waals surface area contributed by atoms with Gasteiger partial charge in [-0.1, -0.05) is 11.8 Å². The number of carbonyl (C=O) groups is 1.